The zero-order valence-electron chi connectivity index (χ0n) is 15.5. The minimum atomic E-state index is -0.0730. The van der Waals surface area contributed by atoms with Crippen LogP contribution in [-0.2, 0) is 6.61 Å². The number of aromatic nitrogens is 1. The molecule has 3 rings (SSSR count). The minimum Gasteiger partial charge on any atom is -0.489 e. The molecule has 0 fully saturated rings. The molecule has 138 valence electrons. The van der Waals surface area contributed by atoms with Gasteiger partial charge in [0.15, 0.2) is 0 Å². The lowest BCUT2D eigenvalue weighted by molar-refractivity contribution is 0.0934. The van der Waals surface area contributed by atoms with Gasteiger partial charge in [-0.2, -0.15) is 0 Å². The summed E-state index contributed by atoms with van der Waals surface area (Å²) < 4.78 is 5.74. The van der Waals surface area contributed by atoms with E-state index in [1.54, 1.807) is 24.5 Å². The van der Waals surface area contributed by atoms with E-state index in [1.807, 2.05) is 42.5 Å². The average Bonchev–Trinajstić information content (AvgIpc) is 2.73. The van der Waals surface area contributed by atoms with Crippen LogP contribution in [0.15, 0.2) is 79.1 Å². The first-order valence-corrected chi connectivity index (χ1v) is 9.24. The summed E-state index contributed by atoms with van der Waals surface area (Å²) in [5.41, 5.74) is 2.76. The zero-order valence-corrected chi connectivity index (χ0v) is 15.5. The van der Waals surface area contributed by atoms with Crippen molar-refractivity contribution in [3.8, 4) is 5.75 Å². The van der Waals surface area contributed by atoms with Crippen LogP contribution in [0.5, 0.6) is 5.75 Å². The van der Waals surface area contributed by atoms with E-state index in [-0.39, 0.29) is 11.9 Å². The van der Waals surface area contributed by atoms with Crippen molar-refractivity contribution < 1.29 is 9.53 Å². The van der Waals surface area contributed by atoms with Crippen LogP contribution in [0.1, 0.15) is 47.3 Å². The van der Waals surface area contributed by atoms with Crippen molar-refractivity contribution in [2.45, 2.75) is 32.4 Å². The monoisotopic (exact) mass is 360 g/mol. The number of nitrogens with zero attached hydrogens (tertiary/aromatic N) is 1. The van der Waals surface area contributed by atoms with Crippen molar-refractivity contribution in [2.24, 2.45) is 0 Å². The number of carbonyl (C=O) groups is 1. The SMILES string of the molecule is CCCC(NC(=O)c1ccc(OCc2cccnc2)cc1)c1ccccc1. The molecular weight excluding hydrogens is 336 g/mol. The second-order valence-corrected chi connectivity index (χ2v) is 6.40. The van der Waals surface area contributed by atoms with Crippen LogP contribution in [0.3, 0.4) is 0 Å². The molecule has 0 aliphatic heterocycles. The second kappa shape index (κ2) is 9.53. The molecule has 0 aliphatic rings. The fraction of sp³-hybridized carbons (Fsp3) is 0.217. The van der Waals surface area contributed by atoms with Gasteiger partial charge in [0, 0.05) is 23.5 Å². The van der Waals surface area contributed by atoms with Gasteiger partial charge in [0.05, 0.1) is 6.04 Å². The molecule has 3 aromatic rings. The first kappa shape index (κ1) is 18.6. The standard InChI is InChI=1S/C23H24N2O2/c1-2-7-22(19-9-4-3-5-10-19)25-23(26)20-11-13-21(14-12-20)27-17-18-8-6-15-24-16-18/h3-6,8-16,22H,2,7,17H2,1H3,(H,25,26). The second-order valence-electron chi connectivity index (χ2n) is 6.40. The molecule has 1 unspecified atom stereocenters. The van der Waals surface area contributed by atoms with E-state index in [2.05, 4.69) is 29.4 Å². The summed E-state index contributed by atoms with van der Waals surface area (Å²) in [4.78, 5) is 16.7. The molecule has 4 nitrogen and oxygen atoms in total. The van der Waals surface area contributed by atoms with Gasteiger partial charge < -0.3 is 10.1 Å². The molecule has 0 saturated carbocycles. The molecule has 2 aromatic carbocycles. The Hall–Kier alpha value is -3.14. The Labute approximate surface area is 160 Å². The quantitative estimate of drug-likeness (QED) is 0.619. The number of ether oxygens (including phenoxy) is 1. The predicted octanol–water partition coefficient (Wildman–Crippen LogP) is 4.93. The molecule has 1 N–H and O–H groups in total. The van der Waals surface area contributed by atoms with Crippen molar-refractivity contribution in [1.29, 1.82) is 0 Å². The van der Waals surface area contributed by atoms with Crippen molar-refractivity contribution in [2.75, 3.05) is 0 Å². The Bertz CT molecular complexity index is 833. The maximum Gasteiger partial charge on any atom is 0.251 e. The van der Waals surface area contributed by atoms with E-state index < -0.39 is 0 Å². The molecule has 0 bridgehead atoms. The highest BCUT2D eigenvalue weighted by atomic mass is 16.5. The van der Waals surface area contributed by atoms with Crippen molar-refractivity contribution in [3.63, 3.8) is 0 Å². The molecule has 4 heteroatoms. The van der Waals surface area contributed by atoms with Crippen LogP contribution in [-0.4, -0.2) is 10.9 Å². The summed E-state index contributed by atoms with van der Waals surface area (Å²) in [6.45, 7) is 2.57. The van der Waals surface area contributed by atoms with E-state index in [0.717, 1.165) is 29.7 Å². The fourth-order valence-electron chi connectivity index (χ4n) is 2.89. The molecule has 0 spiro atoms. The number of benzene rings is 2. The molecule has 0 radical (unpaired) electrons. The summed E-state index contributed by atoms with van der Waals surface area (Å²) >= 11 is 0. The van der Waals surface area contributed by atoms with E-state index >= 15 is 0 Å². The topological polar surface area (TPSA) is 51.2 Å². The number of nitrogens with one attached hydrogen (secondary N) is 1. The van der Waals surface area contributed by atoms with Crippen LogP contribution in [0, 0.1) is 0 Å². The Morgan fingerprint density at radius 3 is 2.48 bits per heavy atom. The van der Waals surface area contributed by atoms with Gasteiger partial charge in [-0.25, -0.2) is 0 Å². The highest BCUT2D eigenvalue weighted by Gasteiger charge is 2.15. The van der Waals surface area contributed by atoms with Crippen molar-refractivity contribution in [1.82, 2.24) is 10.3 Å². The Morgan fingerprint density at radius 1 is 1.04 bits per heavy atom. The minimum absolute atomic E-state index is 0.0187. The van der Waals surface area contributed by atoms with Gasteiger partial charge in [-0.3, -0.25) is 9.78 Å². The van der Waals surface area contributed by atoms with E-state index in [4.69, 9.17) is 4.74 Å². The van der Waals surface area contributed by atoms with Gasteiger partial charge in [-0.1, -0.05) is 49.7 Å². The lowest BCUT2D eigenvalue weighted by atomic mass is 10.0. The number of rotatable bonds is 8. The molecule has 1 amide bonds. The van der Waals surface area contributed by atoms with Gasteiger partial charge in [-0.15, -0.1) is 0 Å². The largest absolute Gasteiger partial charge is 0.489 e. The number of carbonyl (C=O) groups excluding carboxylic acids is 1. The van der Waals surface area contributed by atoms with Crippen LogP contribution < -0.4 is 10.1 Å². The first-order valence-electron chi connectivity index (χ1n) is 9.24. The summed E-state index contributed by atoms with van der Waals surface area (Å²) in [7, 11) is 0. The molecule has 1 heterocycles. The van der Waals surface area contributed by atoms with Crippen molar-refractivity contribution >= 4 is 5.91 Å². The maximum absolute atomic E-state index is 12.6. The highest BCUT2D eigenvalue weighted by molar-refractivity contribution is 5.94. The summed E-state index contributed by atoms with van der Waals surface area (Å²) in [6, 6.07) is 21.2. The van der Waals surface area contributed by atoms with Gasteiger partial charge >= 0.3 is 0 Å². The smallest absolute Gasteiger partial charge is 0.251 e. The van der Waals surface area contributed by atoms with Crippen LogP contribution in [0.25, 0.3) is 0 Å². The van der Waals surface area contributed by atoms with Gasteiger partial charge in [0.2, 0.25) is 0 Å². The van der Waals surface area contributed by atoms with E-state index in [1.165, 1.54) is 0 Å². The fourth-order valence-corrected chi connectivity index (χ4v) is 2.89. The van der Waals surface area contributed by atoms with Crippen LogP contribution >= 0.6 is 0 Å². The number of amides is 1. The Morgan fingerprint density at radius 2 is 1.81 bits per heavy atom. The lowest BCUT2D eigenvalue weighted by Crippen LogP contribution is -2.28. The van der Waals surface area contributed by atoms with Gasteiger partial charge in [0.25, 0.3) is 5.91 Å². The van der Waals surface area contributed by atoms with Crippen molar-refractivity contribution in [3.05, 3.63) is 95.8 Å². The molecule has 1 atom stereocenters. The molecular formula is C23H24N2O2. The van der Waals surface area contributed by atoms with Gasteiger partial charge in [-0.05, 0) is 42.3 Å². The number of pyridine rings is 1. The summed E-state index contributed by atoms with van der Waals surface area (Å²) in [6.07, 6.45) is 5.42. The van der Waals surface area contributed by atoms with Crippen LogP contribution in [0.4, 0.5) is 0 Å². The third-order valence-electron chi connectivity index (χ3n) is 4.33. The maximum atomic E-state index is 12.6. The van der Waals surface area contributed by atoms with Crippen LogP contribution in [0.2, 0.25) is 0 Å². The third kappa shape index (κ3) is 5.42. The predicted molar refractivity (Wildman–Crippen MR) is 107 cm³/mol. The van der Waals surface area contributed by atoms with E-state index in [9.17, 15) is 4.79 Å². The number of hydrogen-bond acceptors (Lipinski definition) is 3. The zero-order chi connectivity index (χ0) is 18.9. The van der Waals surface area contributed by atoms with E-state index in [0.29, 0.717) is 12.2 Å². The Balaban J connectivity index is 1.61. The average molecular weight is 360 g/mol. The molecule has 27 heavy (non-hydrogen) atoms. The number of hydrogen-bond donors (Lipinski definition) is 1. The molecule has 1 aromatic heterocycles. The third-order valence-corrected chi connectivity index (χ3v) is 4.33. The van der Waals surface area contributed by atoms with Gasteiger partial charge in [0.1, 0.15) is 12.4 Å². The first-order chi connectivity index (χ1) is 13.3. The summed E-state index contributed by atoms with van der Waals surface area (Å²) in [5, 5.41) is 3.14. The lowest BCUT2D eigenvalue weighted by Gasteiger charge is -2.18. The molecule has 0 aliphatic carbocycles. The highest BCUT2D eigenvalue weighted by Crippen LogP contribution is 2.20. The Kier molecular flexibility index (Phi) is 6.58. The normalized spacial score (nSPS) is 11.6. The summed E-state index contributed by atoms with van der Waals surface area (Å²) in [5.74, 6) is 0.652. The molecule has 0 saturated heterocycles.